The summed E-state index contributed by atoms with van der Waals surface area (Å²) >= 11 is 0. The number of amides is 1. The van der Waals surface area contributed by atoms with Gasteiger partial charge in [-0.1, -0.05) is 0 Å². The zero-order valence-electron chi connectivity index (χ0n) is 6.42. The molecule has 57 valence electrons. The average molecular weight is 141 g/mol. The highest BCUT2D eigenvalue weighted by molar-refractivity contribution is 5.79. The number of hydrogen-bond donors (Lipinski definition) is 1. The van der Waals surface area contributed by atoms with Crippen molar-refractivity contribution < 1.29 is 4.79 Å². The van der Waals surface area contributed by atoms with Crippen LogP contribution in [0.2, 0.25) is 0 Å². The molecule has 0 aromatic carbocycles. The van der Waals surface area contributed by atoms with Crippen LogP contribution in [0.1, 0.15) is 6.42 Å². The van der Waals surface area contributed by atoms with Gasteiger partial charge in [-0.3, -0.25) is 4.79 Å². The molecule has 1 fully saturated rings. The highest BCUT2D eigenvalue weighted by Crippen LogP contribution is 2.17. The summed E-state index contributed by atoms with van der Waals surface area (Å²) in [6, 6.07) is 0. The maximum atomic E-state index is 11.0. The van der Waals surface area contributed by atoms with Crippen LogP contribution in [-0.4, -0.2) is 31.4 Å². The van der Waals surface area contributed by atoms with Crippen molar-refractivity contribution >= 4 is 5.91 Å². The summed E-state index contributed by atoms with van der Waals surface area (Å²) in [6.07, 6.45) is 0.885. The minimum Gasteiger partial charge on any atom is -0.359 e. The van der Waals surface area contributed by atoms with E-state index in [1.165, 1.54) is 0 Å². The predicted molar refractivity (Wildman–Crippen MR) is 39.1 cm³/mol. The van der Waals surface area contributed by atoms with Gasteiger partial charge in [0.05, 0.1) is 5.92 Å². The van der Waals surface area contributed by atoms with Crippen LogP contribution < -0.4 is 5.32 Å². The number of likely N-dealkylation sites (tertiary alicyclic amines) is 1. The second kappa shape index (κ2) is 3.01. The molecule has 0 aliphatic carbocycles. The van der Waals surface area contributed by atoms with Gasteiger partial charge in [0, 0.05) is 20.1 Å². The highest BCUT2D eigenvalue weighted by Gasteiger charge is 2.25. The second-order valence-electron chi connectivity index (χ2n) is 2.67. The van der Waals surface area contributed by atoms with Crippen molar-refractivity contribution in [1.29, 1.82) is 0 Å². The Morgan fingerprint density at radius 2 is 2.50 bits per heavy atom. The van der Waals surface area contributed by atoms with Crippen LogP contribution >= 0.6 is 0 Å². The monoisotopic (exact) mass is 141 g/mol. The van der Waals surface area contributed by atoms with E-state index in [-0.39, 0.29) is 11.8 Å². The Kier molecular flexibility index (Phi) is 2.27. The lowest BCUT2D eigenvalue weighted by Gasteiger charge is -2.07. The molecule has 0 bridgehead atoms. The smallest absolute Gasteiger partial charge is 0.224 e. The summed E-state index contributed by atoms with van der Waals surface area (Å²) < 4.78 is 0. The number of carbonyl (C=O) groups excluding carboxylic acids is 1. The molecule has 10 heavy (non-hydrogen) atoms. The Hall–Kier alpha value is -0.570. The fourth-order valence-corrected chi connectivity index (χ4v) is 1.20. The van der Waals surface area contributed by atoms with E-state index in [0.717, 1.165) is 13.0 Å². The topological polar surface area (TPSA) is 32.3 Å². The third-order valence-electron chi connectivity index (χ3n) is 1.83. The van der Waals surface area contributed by atoms with Gasteiger partial charge in [-0.05, 0) is 13.5 Å². The number of nitrogens with zero attached hydrogens (tertiary/aromatic N) is 1. The van der Waals surface area contributed by atoms with E-state index in [9.17, 15) is 4.79 Å². The van der Waals surface area contributed by atoms with E-state index in [4.69, 9.17) is 0 Å². The van der Waals surface area contributed by atoms with Crippen LogP contribution in [-0.2, 0) is 4.79 Å². The number of rotatable bonds is 1. The molecule has 3 heteroatoms. The second-order valence-corrected chi connectivity index (χ2v) is 2.67. The standard InChI is InChI=1S/C7H13N2O/c1-8-7(10)6-3-4-9(2)5-6/h4,6H,3,5H2,1-2H3,(H,8,10). The van der Waals surface area contributed by atoms with E-state index < -0.39 is 0 Å². The first-order chi connectivity index (χ1) is 4.74. The van der Waals surface area contributed by atoms with Crippen molar-refractivity contribution in [2.75, 3.05) is 20.6 Å². The summed E-state index contributed by atoms with van der Waals surface area (Å²) in [7, 11) is 3.67. The Balaban J connectivity index is 2.37. The fourth-order valence-electron chi connectivity index (χ4n) is 1.20. The molecule has 1 atom stereocenters. The van der Waals surface area contributed by atoms with E-state index in [0.29, 0.717) is 0 Å². The van der Waals surface area contributed by atoms with E-state index in [2.05, 4.69) is 16.8 Å². The lowest BCUT2D eigenvalue weighted by molar-refractivity contribution is -0.124. The predicted octanol–water partition coefficient (Wildman–Crippen LogP) is -0.154. The summed E-state index contributed by atoms with van der Waals surface area (Å²) in [6.45, 7) is 2.92. The third-order valence-corrected chi connectivity index (χ3v) is 1.83. The third kappa shape index (κ3) is 1.48. The SMILES string of the molecule is CNC(=O)C1C[CH]N(C)C1. The molecule has 1 N–H and O–H groups in total. The first-order valence-corrected chi connectivity index (χ1v) is 3.49. The Morgan fingerprint density at radius 1 is 1.80 bits per heavy atom. The molecule has 0 aromatic rings. The molecule has 1 heterocycles. The van der Waals surface area contributed by atoms with Crippen LogP contribution in [0, 0.1) is 12.5 Å². The lowest BCUT2D eigenvalue weighted by atomic mass is 10.1. The van der Waals surface area contributed by atoms with Crippen LogP contribution in [0.15, 0.2) is 0 Å². The summed E-state index contributed by atoms with van der Waals surface area (Å²) in [5.74, 6) is 0.329. The zero-order chi connectivity index (χ0) is 7.56. The Bertz CT molecular complexity index is 136. The summed E-state index contributed by atoms with van der Waals surface area (Å²) in [4.78, 5) is 13.1. The zero-order valence-corrected chi connectivity index (χ0v) is 6.42. The van der Waals surface area contributed by atoms with E-state index in [1.54, 1.807) is 7.05 Å². The van der Waals surface area contributed by atoms with Gasteiger partial charge in [0.2, 0.25) is 5.91 Å². The first kappa shape index (κ1) is 7.54. The van der Waals surface area contributed by atoms with Crippen molar-refractivity contribution in [2.45, 2.75) is 6.42 Å². The normalized spacial score (nSPS) is 26.8. The molecule has 1 aliphatic heterocycles. The minimum absolute atomic E-state index is 0.153. The van der Waals surface area contributed by atoms with Crippen LogP contribution in [0.3, 0.4) is 0 Å². The lowest BCUT2D eigenvalue weighted by Crippen LogP contribution is -2.29. The first-order valence-electron chi connectivity index (χ1n) is 3.49. The summed E-state index contributed by atoms with van der Waals surface area (Å²) in [5.41, 5.74) is 0. The van der Waals surface area contributed by atoms with Crippen LogP contribution in [0.5, 0.6) is 0 Å². The van der Waals surface area contributed by atoms with Crippen LogP contribution in [0.25, 0.3) is 0 Å². The molecule has 0 saturated carbocycles. The molecule has 1 saturated heterocycles. The highest BCUT2D eigenvalue weighted by atomic mass is 16.1. The molecule has 1 amide bonds. The molecular weight excluding hydrogens is 128 g/mol. The van der Waals surface area contributed by atoms with Gasteiger partial charge >= 0.3 is 0 Å². The fraction of sp³-hybridized carbons (Fsp3) is 0.714. The number of nitrogens with one attached hydrogen (secondary N) is 1. The molecule has 0 spiro atoms. The molecule has 1 radical (unpaired) electrons. The maximum Gasteiger partial charge on any atom is 0.224 e. The number of hydrogen-bond acceptors (Lipinski definition) is 2. The molecule has 1 aliphatic rings. The minimum atomic E-state index is 0.153. The Morgan fingerprint density at radius 3 is 2.90 bits per heavy atom. The molecular formula is C7H13N2O. The largest absolute Gasteiger partial charge is 0.359 e. The van der Waals surface area contributed by atoms with Gasteiger partial charge < -0.3 is 10.2 Å². The van der Waals surface area contributed by atoms with Crippen molar-refractivity contribution in [1.82, 2.24) is 10.2 Å². The quantitative estimate of drug-likeness (QED) is 0.550. The van der Waals surface area contributed by atoms with Crippen molar-refractivity contribution in [3.63, 3.8) is 0 Å². The average Bonchev–Trinajstić information content (AvgIpc) is 2.34. The van der Waals surface area contributed by atoms with Crippen molar-refractivity contribution in [2.24, 2.45) is 5.92 Å². The van der Waals surface area contributed by atoms with Crippen LogP contribution in [0.4, 0.5) is 0 Å². The van der Waals surface area contributed by atoms with Gasteiger partial charge in [0.25, 0.3) is 0 Å². The van der Waals surface area contributed by atoms with Gasteiger partial charge in [0.15, 0.2) is 0 Å². The molecule has 3 nitrogen and oxygen atoms in total. The van der Waals surface area contributed by atoms with Gasteiger partial charge in [-0.15, -0.1) is 0 Å². The summed E-state index contributed by atoms with van der Waals surface area (Å²) in [5, 5.41) is 2.64. The van der Waals surface area contributed by atoms with Gasteiger partial charge in [-0.2, -0.15) is 0 Å². The number of carbonyl (C=O) groups is 1. The van der Waals surface area contributed by atoms with E-state index in [1.807, 2.05) is 7.05 Å². The van der Waals surface area contributed by atoms with Gasteiger partial charge in [-0.25, -0.2) is 0 Å². The van der Waals surface area contributed by atoms with E-state index >= 15 is 0 Å². The van der Waals surface area contributed by atoms with Crippen molar-refractivity contribution in [3.8, 4) is 0 Å². The molecule has 1 unspecified atom stereocenters. The molecule has 0 aromatic heterocycles. The van der Waals surface area contributed by atoms with Gasteiger partial charge in [0.1, 0.15) is 0 Å². The molecule has 1 rings (SSSR count). The Labute approximate surface area is 61.4 Å². The maximum absolute atomic E-state index is 11.0. The van der Waals surface area contributed by atoms with Crippen molar-refractivity contribution in [3.05, 3.63) is 6.54 Å².